The molecule has 0 aliphatic carbocycles. The van der Waals surface area contributed by atoms with E-state index in [-0.39, 0.29) is 28.5 Å². The van der Waals surface area contributed by atoms with Crippen molar-refractivity contribution < 1.29 is 17.6 Å². The number of tetrazole rings is 1. The van der Waals surface area contributed by atoms with Gasteiger partial charge < -0.3 is 5.32 Å². The third kappa shape index (κ3) is 6.03. The monoisotopic (exact) mass is 520 g/mol. The van der Waals surface area contributed by atoms with Gasteiger partial charge in [-0.3, -0.25) is 9.69 Å². The molecule has 1 N–H and O–H groups in total. The van der Waals surface area contributed by atoms with E-state index in [1.807, 2.05) is 18.7 Å². The van der Waals surface area contributed by atoms with Gasteiger partial charge in [0.1, 0.15) is 5.82 Å². The van der Waals surface area contributed by atoms with Crippen LogP contribution in [0.25, 0.3) is 16.8 Å². The third-order valence-electron chi connectivity index (χ3n) is 5.86. The summed E-state index contributed by atoms with van der Waals surface area (Å²) < 4.78 is 38.5. The highest BCUT2D eigenvalue weighted by atomic mass is 35.5. The van der Waals surface area contributed by atoms with Crippen molar-refractivity contribution in [2.75, 3.05) is 31.1 Å². The molecule has 1 aliphatic rings. The minimum atomic E-state index is -2.97. The smallest absolute Gasteiger partial charge is 0.251 e. The van der Waals surface area contributed by atoms with Gasteiger partial charge >= 0.3 is 0 Å². The number of carbonyl (C=O) groups is 1. The number of hydrogen-bond acceptors (Lipinski definition) is 7. The summed E-state index contributed by atoms with van der Waals surface area (Å²) in [4.78, 5) is 15.2. The van der Waals surface area contributed by atoms with Crippen LogP contribution >= 0.6 is 11.6 Å². The first-order valence-corrected chi connectivity index (χ1v) is 13.5. The molecule has 1 aromatic heterocycles. The van der Waals surface area contributed by atoms with E-state index in [1.165, 1.54) is 12.1 Å². The van der Waals surface area contributed by atoms with E-state index in [0.29, 0.717) is 54.3 Å². The summed E-state index contributed by atoms with van der Waals surface area (Å²) in [6.07, 6.45) is 0.582. The Hall–Kier alpha value is -2.89. The first-order chi connectivity index (χ1) is 16.6. The molecule has 0 spiro atoms. The number of amides is 1. The van der Waals surface area contributed by atoms with Gasteiger partial charge in [-0.25, -0.2) is 12.8 Å². The lowest BCUT2D eigenvalue weighted by Gasteiger charge is -2.29. The average Bonchev–Trinajstić information content (AvgIpc) is 3.29. The molecule has 9 nitrogen and oxygen atoms in total. The maximum atomic E-state index is 13.6. The van der Waals surface area contributed by atoms with Crippen LogP contribution in [-0.2, 0) is 16.3 Å². The predicted molar refractivity (Wildman–Crippen MR) is 131 cm³/mol. The lowest BCUT2D eigenvalue weighted by molar-refractivity contribution is 0.0930. The zero-order valence-corrected chi connectivity index (χ0v) is 21.0. The van der Waals surface area contributed by atoms with Crippen LogP contribution in [0.15, 0.2) is 36.4 Å². The van der Waals surface area contributed by atoms with E-state index in [2.05, 4.69) is 20.8 Å². The molecule has 2 aromatic carbocycles. The molecule has 1 aliphatic heterocycles. The quantitative estimate of drug-likeness (QED) is 0.509. The largest absolute Gasteiger partial charge is 0.348 e. The molecule has 1 atom stereocenters. The van der Waals surface area contributed by atoms with Crippen molar-refractivity contribution in [2.45, 2.75) is 26.3 Å². The summed E-state index contributed by atoms with van der Waals surface area (Å²) in [7, 11) is -2.97. The molecule has 12 heteroatoms. The topological polar surface area (TPSA) is 110 Å². The van der Waals surface area contributed by atoms with E-state index in [1.54, 1.807) is 28.9 Å². The van der Waals surface area contributed by atoms with Crippen LogP contribution in [0.2, 0.25) is 5.02 Å². The molecule has 35 heavy (non-hydrogen) atoms. The number of sulfone groups is 1. The van der Waals surface area contributed by atoms with Gasteiger partial charge in [0.15, 0.2) is 15.7 Å². The summed E-state index contributed by atoms with van der Waals surface area (Å²) in [6, 6.07) is 9.04. The van der Waals surface area contributed by atoms with Gasteiger partial charge in [0.05, 0.1) is 22.2 Å². The number of aryl methyl sites for hydroxylation is 1. The zero-order valence-electron chi connectivity index (χ0n) is 19.4. The Morgan fingerprint density at radius 2 is 1.94 bits per heavy atom. The number of aromatic nitrogens is 4. The normalized spacial score (nSPS) is 16.7. The highest BCUT2D eigenvalue weighted by Gasteiger charge is 2.23. The van der Waals surface area contributed by atoms with Gasteiger partial charge in [0.2, 0.25) is 0 Å². The summed E-state index contributed by atoms with van der Waals surface area (Å²) in [5.41, 5.74) is 2.12. The number of carbonyl (C=O) groups excluding carboxylic acids is 1. The van der Waals surface area contributed by atoms with Gasteiger partial charge in [-0.05, 0) is 59.3 Å². The fraction of sp³-hybridized carbons (Fsp3) is 0.391. The number of nitrogens with zero attached hydrogens (tertiary/aromatic N) is 5. The molecular formula is C23H26ClFN6O3S. The number of rotatable bonds is 7. The number of halogens is 2. The molecule has 1 amide bonds. The molecule has 1 unspecified atom stereocenters. The van der Waals surface area contributed by atoms with E-state index >= 15 is 0 Å². The average molecular weight is 521 g/mol. The summed E-state index contributed by atoms with van der Waals surface area (Å²) in [5.74, 6) is 0.106. The lowest BCUT2D eigenvalue weighted by Crippen LogP contribution is -2.47. The second-order valence-corrected chi connectivity index (χ2v) is 11.3. The van der Waals surface area contributed by atoms with E-state index < -0.39 is 15.7 Å². The number of hydrogen-bond donors (Lipinski definition) is 1. The highest BCUT2D eigenvalue weighted by molar-refractivity contribution is 7.91. The fourth-order valence-corrected chi connectivity index (χ4v) is 5.60. The van der Waals surface area contributed by atoms with E-state index in [0.717, 1.165) is 0 Å². The van der Waals surface area contributed by atoms with Gasteiger partial charge in [-0.15, -0.1) is 5.10 Å². The molecular weight excluding hydrogens is 495 g/mol. The van der Waals surface area contributed by atoms with Crippen LogP contribution in [0, 0.1) is 5.82 Å². The minimum Gasteiger partial charge on any atom is -0.348 e. The van der Waals surface area contributed by atoms with Gasteiger partial charge in [0, 0.05) is 43.2 Å². The predicted octanol–water partition coefficient (Wildman–Crippen LogP) is 2.53. The van der Waals surface area contributed by atoms with Crippen molar-refractivity contribution in [3.05, 3.63) is 58.6 Å². The van der Waals surface area contributed by atoms with Crippen LogP contribution in [0.4, 0.5) is 4.39 Å². The Labute approximate surface area is 208 Å². The van der Waals surface area contributed by atoms with Crippen LogP contribution < -0.4 is 5.32 Å². The molecule has 1 saturated heterocycles. The van der Waals surface area contributed by atoms with Crippen molar-refractivity contribution in [3.8, 4) is 16.8 Å². The Morgan fingerprint density at radius 1 is 1.20 bits per heavy atom. The summed E-state index contributed by atoms with van der Waals surface area (Å²) >= 11 is 6.31. The van der Waals surface area contributed by atoms with Crippen LogP contribution in [0.1, 0.15) is 30.0 Å². The van der Waals surface area contributed by atoms with Gasteiger partial charge in [0.25, 0.3) is 5.91 Å². The molecule has 3 aromatic rings. The summed E-state index contributed by atoms with van der Waals surface area (Å²) in [5, 5.41) is 15.0. The van der Waals surface area contributed by atoms with Crippen molar-refractivity contribution in [1.29, 1.82) is 0 Å². The fourth-order valence-electron chi connectivity index (χ4n) is 4.04. The molecule has 0 saturated carbocycles. The van der Waals surface area contributed by atoms with Crippen molar-refractivity contribution in [3.63, 3.8) is 0 Å². The van der Waals surface area contributed by atoms with Crippen molar-refractivity contribution >= 4 is 27.3 Å². The molecule has 186 valence electrons. The molecule has 0 bridgehead atoms. The Morgan fingerprint density at radius 3 is 2.63 bits per heavy atom. The van der Waals surface area contributed by atoms with E-state index in [4.69, 9.17) is 11.6 Å². The number of benzene rings is 2. The maximum Gasteiger partial charge on any atom is 0.251 e. The molecule has 2 heterocycles. The lowest BCUT2D eigenvalue weighted by atomic mass is 10.0. The molecule has 0 radical (unpaired) electrons. The van der Waals surface area contributed by atoms with Crippen molar-refractivity contribution in [1.82, 2.24) is 30.4 Å². The minimum absolute atomic E-state index is 0.128. The highest BCUT2D eigenvalue weighted by Crippen LogP contribution is 2.31. The molecule has 4 rings (SSSR count). The Kier molecular flexibility index (Phi) is 7.48. The van der Waals surface area contributed by atoms with Crippen LogP contribution in [0.5, 0.6) is 0 Å². The first kappa shape index (κ1) is 25.2. The number of nitrogens with one attached hydrogen (secondary N) is 1. The second kappa shape index (κ2) is 10.4. The summed E-state index contributed by atoms with van der Waals surface area (Å²) in [6.45, 7) is 5.22. The van der Waals surface area contributed by atoms with Gasteiger partial charge in [-0.2, -0.15) is 4.68 Å². The molecule has 1 fully saturated rings. The maximum absolute atomic E-state index is 13.6. The SMILES string of the molecule is CCc1nnnn1-c1cc(C(=O)NC(C)CN2CCS(=O)(=O)CC2)cc(-c2ccc(F)cc2Cl)c1. The zero-order chi connectivity index (χ0) is 25.2. The third-order valence-corrected chi connectivity index (χ3v) is 7.79. The van der Waals surface area contributed by atoms with Gasteiger partial charge in [-0.1, -0.05) is 18.5 Å². The standard InChI is InChI=1S/C23H26ClFN6O3S/c1-3-22-27-28-29-31(22)19-11-16(20-5-4-18(25)13-21(20)24)10-17(12-19)23(32)26-15(2)14-30-6-8-35(33,34)9-7-30/h4-5,10-13,15H,3,6-9,14H2,1-2H3,(H,26,32). The van der Waals surface area contributed by atoms with Crippen molar-refractivity contribution in [2.24, 2.45) is 0 Å². The van der Waals surface area contributed by atoms with E-state index in [9.17, 15) is 17.6 Å². The van der Waals surface area contributed by atoms with Crippen LogP contribution in [0.3, 0.4) is 0 Å². The Bertz CT molecular complexity index is 1330. The first-order valence-electron chi connectivity index (χ1n) is 11.3. The second-order valence-electron chi connectivity index (χ2n) is 8.58. The Balaban J connectivity index is 1.61. The van der Waals surface area contributed by atoms with Crippen LogP contribution in [-0.4, -0.2) is 76.6 Å².